The van der Waals surface area contributed by atoms with Crippen molar-refractivity contribution in [3.8, 4) is 0 Å². The summed E-state index contributed by atoms with van der Waals surface area (Å²) in [6.07, 6.45) is 8.74. The highest BCUT2D eigenvalue weighted by Crippen LogP contribution is 2.29. The summed E-state index contributed by atoms with van der Waals surface area (Å²) in [5.74, 6) is -1.98. The van der Waals surface area contributed by atoms with Gasteiger partial charge in [-0.1, -0.05) is 67.6 Å². The molecule has 1 unspecified atom stereocenters. The molecular formula is C23H34ClN5O4. The molecular weight excluding hydrogens is 446 g/mol. The van der Waals surface area contributed by atoms with Gasteiger partial charge in [0.15, 0.2) is 0 Å². The van der Waals surface area contributed by atoms with Crippen LogP contribution in [0.2, 0.25) is 0 Å². The second kappa shape index (κ2) is 11.7. The maximum absolute atomic E-state index is 13.3. The molecule has 6 N–H and O–H groups in total. The number of nitrogens with one attached hydrogen (secondary N) is 1. The number of benzene rings is 1. The number of carbonyl (C=O) groups excluding carboxylic acids is 3. The highest BCUT2D eigenvalue weighted by atomic mass is 35.5. The zero-order valence-electron chi connectivity index (χ0n) is 18.9. The molecule has 1 aromatic carbocycles. The number of amides is 3. The van der Waals surface area contributed by atoms with Gasteiger partial charge in [0.25, 0.3) is 11.8 Å². The molecule has 1 fully saturated rings. The van der Waals surface area contributed by atoms with E-state index in [-0.39, 0.29) is 18.8 Å². The van der Waals surface area contributed by atoms with Crippen LogP contribution in [0.3, 0.4) is 0 Å². The molecule has 3 amide bonds. The molecule has 0 radical (unpaired) electrons. The van der Waals surface area contributed by atoms with E-state index in [4.69, 9.17) is 11.5 Å². The molecule has 33 heavy (non-hydrogen) atoms. The number of hydrazine groups is 1. The lowest BCUT2D eigenvalue weighted by Gasteiger charge is -2.32. The van der Waals surface area contributed by atoms with Gasteiger partial charge in [0.05, 0.1) is 11.7 Å². The summed E-state index contributed by atoms with van der Waals surface area (Å²) in [6, 6.07) is 7.86. The number of hydrogen-bond donors (Lipinski definition) is 4. The van der Waals surface area contributed by atoms with Crippen molar-refractivity contribution in [2.75, 3.05) is 0 Å². The van der Waals surface area contributed by atoms with E-state index in [0.717, 1.165) is 19.3 Å². The van der Waals surface area contributed by atoms with Crippen LogP contribution in [0.5, 0.6) is 0 Å². The molecule has 182 valence electrons. The van der Waals surface area contributed by atoms with Gasteiger partial charge in [-0.25, -0.2) is 4.90 Å². The van der Waals surface area contributed by atoms with Gasteiger partial charge in [0.2, 0.25) is 11.6 Å². The Labute approximate surface area is 200 Å². The van der Waals surface area contributed by atoms with E-state index < -0.39 is 29.4 Å². The van der Waals surface area contributed by atoms with Crippen LogP contribution in [-0.2, 0) is 14.4 Å². The molecule has 1 saturated carbocycles. The fraction of sp³-hybridized carbons (Fsp3) is 0.522. The van der Waals surface area contributed by atoms with Gasteiger partial charge in [-0.15, -0.1) is 12.4 Å². The fourth-order valence-corrected chi connectivity index (χ4v) is 4.29. The molecule has 1 aliphatic carbocycles. The molecule has 10 heteroatoms. The van der Waals surface area contributed by atoms with Gasteiger partial charge in [0, 0.05) is 6.42 Å². The second-order valence-corrected chi connectivity index (χ2v) is 8.73. The summed E-state index contributed by atoms with van der Waals surface area (Å²) >= 11 is 0. The van der Waals surface area contributed by atoms with Crippen molar-refractivity contribution < 1.29 is 19.6 Å². The van der Waals surface area contributed by atoms with E-state index in [1.807, 2.05) is 6.07 Å². The Morgan fingerprint density at radius 2 is 1.85 bits per heavy atom. The molecule has 9 nitrogen and oxygen atoms in total. The highest BCUT2D eigenvalue weighted by Gasteiger charge is 2.49. The third-order valence-electron chi connectivity index (χ3n) is 6.16. The molecule has 0 spiro atoms. The summed E-state index contributed by atoms with van der Waals surface area (Å²) in [7, 11) is 0. The van der Waals surface area contributed by atoms with Gasteiger partial charge in [-0.05, 0) is 37.3 Å². The first-order chi connectivity index (χ1) is 15.2. The first-order valence-corrected chi connectivity index (χ1v) is 11.2. The van der Waals surface area contributed by atoms with Crippen molar-refractivity contribution in [3.05, 3.63) is 42.0 Å². The summed E-state index contributed by atoms with van der Waals surface area (Å²) in [5, 5.41) is 10.8. The van der Waals surface area contributed by atoms with Crippen molar-refractivity contribution in [3.63, 3.8) is 0 Å². The molecule has 2 atom stereocenters. The average Bonchev–Trinajstić information content (AvgIpc) is 3.10. The Bertz CT molecular complexity index is 873. The quantitative estimate of drug-likeness (QED) is 0.466. The van der Waals surface area contributed by atoms with Crippen LogP contribution in [0.4, 0.5) is 0 Å². The average molecular weight is 480 g/mol. The third kappa shape index (κ3) is 6.18. The SMILES string of the molecule is CC(N)C(=O)N(C(=O)CCCC1CCCCC1)C(=O)[C@@]1(N)C=C(c2ccccc2)NN1O.Cl. The second-order valence-electron chi connectivity index (χ2n) is 8.73. The summed E-state index contributed by atoms with van der Waals surface area (Å²) in [6.45, 7) is 1.40. The summed E-state index contributed by atoms with van der Waals surface area (Å²) in [4.78, 5) is 39.5. The van der Waals surface area contributed by atoms with E-state index in [1.165, 1.54) is 32.3 Å². The standard InChI is InChI=1S/C23H33N5O4.ClH/c1-16(24)21(30)27(20(29)14-8-11-17-9-4-2-5-10-17)22(31)23(25)15-19(26-28(23)32)18-12-6-3-7-13-18;/h3,6-7,12-13,15-17,26,32H,2,4-5,8-11,14,24-25H2,1H3;1H/t16?,23-;/m1./s1. The Morgan fingerprint density at radius 3 is 2.45 bits per heavy atom. The Kier molecular flexibility index (Phi) is 9.57. The van der Waals surface area contributed by atoms with Crippen LogP contribution in [0.15, 0.2) is 36.4 Å². The van der Waals surface area contributed by atoms with Crippen molar-refractivity contribution in [1.82, 2.24) is 15.5 Å². The van der Waals surface area contributed by atoms with Crippen molar-refractivity contribution in [2.45, 2.75) is 70.0 Å². The highest BCUT2D eigenvalue weighted by molar-refractivity contribution is 6.15. The molecule has 0 aromatic heterocycles. The van der Waals surface area contributed by atoms with Crippen LogP contribution in [0.1, 0.15) is 63.9 Å². The minimum atomic E-state index is -2.14. The number of rotatable bonds is 7. The summed E-state index contributed by atoms with van der Waals surface area (Å²) in [5.41, 5.74) is 13.4. The van der Waals surface area contributed by atoms with Gasteiger partial charge >= 0.3 is 0 Å². The Morgan fingerprint density at radius 1 is 1.21 bits per heavy atom. The lowest BCUT2D eigenvalue weighted by molar-refractivity contribution is -0.192. The molecule has 3 rings (SSSR count). The molecule has 2 aliphatic rings. The van der Waals surface area contributed by atoms with Crippen molar-refractivity contribution in [2.24, 2.45) is 17.4 Å². The van der Waals surface area contributed by atoms with Gasteiger partial charge in [-0.2, -0.15) is 0 Å². The van der Waals surface area contributed by atoms with Crippen LogP contribution in [0, 0.1) is 5.92 Å². The lowest BCUT2D eigenvalue weighted by atomic mass is 9.86. The van der Waals surface area contributed by atoms with Crippen LogP contribution < -0.4 is 16.9 Å². The van der Waals surface area contributed by atoms with Gasteiger partial charge < -0.3 is 5.73 Å². The predicted octanol–water partition coefficient (Wildman–Crippen LogP) is 2.29. The Balaban J connectivity index is 0.00000385. The smallest absolute Gasteiger partial charge is 0.279 e. The Hall–Kier alpha value is -2.30. The predicted molar refractivity (Wildman–Crippen MR) is 126 cm³/mol. The van der Waals surface area contributed by atoms with E-state index in [9.17, 15) is 19.6 Å². The number of carbonyl (C=O) groups is 3. The van der Waals surface area contributed by atoms with E-state index in [2.05, 4.69) is 5.43 Å². The number of hydroxylamine groups is 1. The summed E-state index contributed by atoms with van der Waals surface area (Å²) < 4.78 is 0. The number of nitrogens with two attached hydrogens (primary N) is 2. The number of nitrogens with zero attached hydrogens (tertiary/aromatic N) is 2. The van der Waals surface area contributed by atoms with E-state index >= 15 is 0 Å². The fourth-order valence-electron chi connectivity index (χ4n) is 4.29. The van der Waals surface area contributed by atoms with Crippen LogP contribution >= 0.6 is 12.4 Å². The van der Waals surface area contributed by atoms with Gasteiger partial charge in [0.1, 0.15) is 0 Å². The number of hydrogen-bond acceptors (Lipinski definition) is 8. The van der Waals surface area contributed by atoms with Crippen LogP contribution in [0.25, 0.3) is 5.70 Å². The van der Waals surface area contributed by atoms with Gasteiger partial charge in [-0.3, -0.25) is 30.8 Å². The van der Waals surface area contributed by atoms with E-state index in [1.54, 1.807) is 24.3 Å². The monoisotopic (exact) mass is 479 g/mol. The van der Waals surface area contributed by atoms with Crippen LogP contribution in [-0.4, -0.2) is 44.7 Å². The zero-order chi connectivity index (χ0) is 23.3. The molecule has 0 bridgehead atoms. The molecule has 0 saturated heterocycles. The van der Waals surface area contributed by atoms with Crippen molar-refractivity contribution >= 4 is 35.8 Å². The molecule has 1 heterocycles. The molecule has 1 aromatic rings. The zero-order valence-corrected chi connectivity index (χ0v) is 19.7. The number of halogens is 1. The first kappa shape index (κ1) is 26.9. The molecule has 1 aliphatic heterocycles. The first-order valence-electron chi connectivity index (χ1n) is 11.2. The maximum atomic E-state index is 13.3. The normalized spacial score (nSPS) is 22.0. The number of imide groups is 3. The maximum Gasteiger partial charge on any atom is 0.279 e. The van der Waals surface area contributed by atoms with Crippen molar-refractivity contribution in [1.29, 1.82) is 0 Å². The topological polar surface area (TPSA) is 142 Å². The minimum absolute atomic E-state index is 0. The third-order valence-corrected chi connectivity index (χ3v) is 6.16. The lowest BCUT2D eigenvalue weighted by Crippen LogP contribution is -2.66. The minimum Gasteiger partial charge on any atom is -0.320 e. The largest absolute Gasteiger partial charge is 0.320 e. The van der Waals surface area contributed by atoms with E-state index in [0.29, 0.717) is 33.7 Å².